The van der Waals surface area contributed by atoms with Crippen molar-refractivity contribution in [3.63, 3.8) is 0 Å². The topological polar surface area (TPSA) is 30.5 Å². The number of benzene rings is 2. The molecule has 0 radical (unpaired) electrons. The van der Waals surface area contributed by atoms with Crippen LogP contribution < -0.4 is 14.8 Å². The number of nitrogens with one attached hydrogen (secondary N) is 1. The maximum Gasteiger partial charge on any atom is 0.122 e. The predicted molar refractivity (Wildman–Crippen MR) is 84.2 cm³/mol. The molecule has 2 aromatic carbocycles. The maximum atomic E-state index is 5.27. The first-order valence-corrected chi connectivity index (χ1v) is 7.18. The Hall–Kier alpha value is -1.52. The van der Waals surface area contributed by atoms with Gasteiger partial charge in [0.05, 0.1) is 14.2 Å². The van der Waals surface area contributed by atoms with Gasteiger partial charge in [-0.25, -0.2) is 0 Å². The summed E-state index contributed by atoms with van der Waals surface area (Å²) in [6.07, 6.45) is 0. The molecule has 0 fully saturated rings. The van der Waals surface area contributed by atoms with Crippen molar-refractivity contribution in [1.29, 1.82) is 0 Å². The minimum atomic E-state index is 0.759. The molecule has 2 aromatic rings. The number of ether oxygens (including phenoxy) is 2. The van der Waals surface area contributed by atoms with Gasteiger partial charge in [0, 0.05) is 23.6 Å². The van der Waals surface area contributed by atoms with E-state index < -0.39 is 0 Å². The fraction of sp³-hybridized carbons (Fsp3) is 0.250. The lowest BCUT2D eigenvalue weighted by molar-refractivity contribution is 0.393. The van der Waals surface area contributed by atoms with Crippen LogP contribution in [0.1, 0.15) is 11.1 Å². The van der Waals surface area contributed by atoms with Gasteiger partial charge in [0.15, 0.2) is 0 Å². The molecule has 0 aromatic heterocycles. The molecule has 106 valence electrons. The first-order valence-electron chi connectivity index (χ1n) is 6.39. The van der Waals surface area contributed by atoms with Gasteiger partial charge in [-0.05, 0) is 29.3 Å². The molecule has 0 aliphatic rings. The van der Waals surface area contributed by atoms with Crippen LogP contribution in [0.25, 0.3) is 0 Å². The van der Waals surface area contributed by atoms with Crippen LogP contribution in [0.2, 0.25) is 0 Å². The molecular weight excluding hydrogens is 318 g/mol. The van der Waals surface area contributed by atoms with Crippen molar-refractivity contribution in [2.75, 3.05) is 14.2 Å². The Morgan fingerprint density at radius 3 is 2.20 bits per heavy atom. The van der Waals surface area contributed by atoms with Crippen molar-refractivity contribution in [2.45, 2.75) is 13.1 Å². The van der Waals surface area contributed by atoms with Gasteiger partial charge < -0.3 is 14.8 Å². The van der Waals surface area contributed by atoms with Gasteiger partial charge in [0.2, 0.25) is 0 Å². The van der Waals surface area contributed by atoms with Crippen molar-refractivity contribution < 1.29 is 9.47 Å². The third-order valence-electron chi connectivity index (χ3n) is 3.01. The molecule has 2 rings (SSSR count). The van der Waals surface area contributed by atoms with Crippen molar-refractivity contribution in [3.05, 3.63) is 58.1 Å². The summed E-state index contributed by atoms with van der Waals surface area (Å²) >= 11 is 3.55. The van der Waals surface area contributed by atoms with E-state index in [1.54, 1.807) is 14.2 Å². The molecule has 0 bridgehead atoms. The fourth-order valence-electron chi connectivity index (χ4n) is 1.95. The normalized spacial score (nSPS) is 10.3. The smallest absolute Gasteiger partial charge is 0.122 e. The maximum absolute atomic E-state index is 5.27. The second-order valence-electron chi connectivity index (χ2n) is 4.42. The zero-order valence-electron chi connectivity index (χ0n) is 11.7. The Morgan fingerprint density at radius 2 is 1.60 bits per heavy atom. The monoisotopic (exact) mass is 335 g/mol. The van der Waals surface area contributed by atoms with Crippen molar-refractivity contribution in [1.82, 2.24) is 5.32 Å². The highest BCUT2D eigenvalue weighted by molar-refractivity contribution is 9.10. The molecule has 4 heteroatoms. The number of methoxy groups -OCH3 is 2. The van der Waals surface area contributed by atoms with Crippen LogP contribution in [0, 0.1) is 0 Å². The molecular formula is C16H18BrNO2. The van der Waals surface area contributed by atoms with Gasteiger partial charge in [-0.1, -0.05) is 34.1 Å². The van der Waals surface area contributed by atoms with Gasteiger partial charge in [-0.2, -0.15) is 0 Å². The number of halogens is 1. The highest BCUT2D eigenvalue weighted by Crippen LogP contribution is 2.22. The summed E-state index contributed by atoms with van der Waals surface area (Å²) in [7, 11) is 3.32. The van der Waals surface area contributed by atoms with E-state index in [9.17, 15) is 0 Å². The SMILES string of the molecule is COc1cc(CNCc2ccccc2Br)cc(OC)c1. The molecule has 0 aliphatic carbocycles. The van der Waals surface area contributed by atoms with Gasteiger partial charge in [-0.3, -0.25) is 0 Å². The van der Waals surface area contributed by atoms with E-state index in [-0.39, 0.29) is 0 Å². The Balaban J connectivity index is 1.99. The van der Waals surface area contributed by atoms with Crippen LogP contribution in [0.15, 0.2) is 46.9 Å². The van der Waals surface area contributed by atoms with Crippen molar-refractivity contribution in [3.8, 4) is 11.5 Å². The third kappa shape index (κ3) is 3.99. The van der Waals surface area contributed by atoms with E-state index >= 15 is 0 Å². The fourth-order valence-corrected chi connectivity index (χ4v) is 2.38. The molecule has 0 unspecified atom stereocenters. The van der Waals surface area contributed by atoms with Gasteiger partial charge in [0.1, 0.15) is 11.5 Å². The average molecular weight is 336 g/mol. The number of rotatable bonds is 6. The summed E-state index contributed by atoms with van der Waals surface area (Å²) in [5.41, 5.74) is 2.37. The van der Waals surface area contributed by atoms with Gasteiger partial charge in [0.25, 0.3) is 0 Å². The standard InChI is InChI=1S/C16H18BrNO2/c1-19-14-7-12(8-15(9-14)20-2)10-18-11-13-5-3-4-6-16(13)17/h3-9,18H,10-11H2,1-2H3. The van der Waals surface area contributed by atoms with E-state index in [0.29, 0.717) is 0 Å². The van der Waals surface area contributed by atoms with Crippen LogP contribution in [-0.2, 0) is 13.1 Å². The van der Waals surface area contributed by atoms with Crippen LogP contribution in [0.5, 0.6) is 11.5 Å². The van der Waals surface area contributed by atoms with Gasteiger partial charge in [-0.15, -0.1) is 0 Å². The quantitative estimate of drug-likeness (QED) is 0.871. The summed E-state index contributed by atoms with van der Waals surface area (Å²) in [5.74, 6) is 1.61. The number of hydrogen-bond donors (Lipinski definition) is 1. The van der Waals surface area contributed by atoms with E-state index in [1.807, 2.05) is 36.4 Å². The minimum absolute atomic E-state index is 0.759. The highest BCUT2D eigenvalue weighted by atomic mass is 79.9. The molecule has 0 saturated carbocycles. The summed E-state index contributed by atoms with van der Waals surface area (Å²) in [6.45, 7) is 1.57. The van der Waals surface area contributed by atoms with Crippen LogP contribution in [-0.4, -0.2) is 14.2 Å². The van der Waals surface area contributed by atoms with Crippen LogP contribution in [0.4, 0.5) is 0 Å². The summed E-state index contributed by atoms with van der Waals surface area (Å²) < 4.78 is 11.7. The zero-order chi connectivity index (χ0) is 14.4. The molecule has 1 N–H and O–H groups in total. The summed E-state index contributed by atoms with van der Waals surface area (Å²) in [6, 6.07) is 14.1. The average Bonchev–Trinajstić information content (AvgIpc) is 2.48. The molecule has 0 heterocycles. The molecule has 0 atom stereocenters. The Bertz CT molecular complexity index is 550. The van der Waals surface area contributed by atoms with Crippen molar-refractivity contribution >= 4 is 15.9 Å². The Labute approximate surface area is 128 Å². The first kappa shape index (κ1) is 14.9. The largest absolute Gasteiger partial charge is 0.497 e. The third-order valence-corrected chi connectivity index (χ3v) is 3.79. The molecule has 3 nitrogen and oxygen atoms in total. The molecule has 0 amide bonds. The molecule has 0 saturated heterocycles. The number of hydrogen-bond acceptors (Lipinski definition) is 3. The summed E-state index contributed by atoms with van der Waals surface area (Å²) in [5, 5.41) is 3.42. The van der Waals surface area contributed by atoms with Gasteiger partial charge >= 0.3 is 0 Å². The zero-order valence-corrected chi connectivity index (χ0v) is 13.2. The van der Waals surface area contributed by atoms with E-state index in [0.717, 1.165) is 34.6 Å². The second-order valence-corrected chi connectivity index (χ2v) is 5.27. The minimum Gasteiger partial charge on any atom is -0.497 e. The lowest BCUT2D eigenvalue weighted by atomic mass is 10.2. The summed E-state index contributed by atoms with van der Waals surface area (Å²) in [4.78, 5) is 0. The van der Waals surface area contributed by atoms with Crippen LogP contribution >= 0.6 is 15.9 Å². The predicted octanol–water partition coefficient (Wildman–Crippen LogP) is 3.76. The first-order chi connectivity index (χ1) is 9.72. The van der Waals surface area contributed by atoms with Crippen molar-refractivity contribution in [2.24, 2.45) is 0 Å². The van der Waals surface area contributed by atoms with E-state index in [1.165, 1.54) is 5.56 Å². The molecule has 0 aliphatic heterocycles. The Kier molecular flexibility index (Phi) is 5.44. The van der Waals surface area contributed by atoms with E-state index in [4.69, 9.17) is 9.47 Å². The molecule has 0 spiro atoms. The molecule has 20 heavy (non-hydrogen) atoms. The Morgan fingerprint density at radius 1 is 0.950 bits per heavy atom. The lowest BCUT2D eigenvalue weighted by Gasteiger charge is -2.10. The highest BCUT2D eigenvalue weighted by Gasteiger charge is 2.03. The van der Waals surface area contributed by atoms with E-state index in [2.05, 4.69) is 27.3 Å². The lowest BCUT2D eigenvalue weighted by Crippen LogP contribution is -2.13. The van der Waals surface area contributed by atoms with Crippen LogP contribution in [0.3, 0.4) is 0 Å². The second kappa shape index (κ2) is 7.31.